The number of ether oxygens (including phenoxy) is 1. The first-order valence-electron chi connectivity index (χ1n) is 7.82. The standard InChI is InChI=1S/C20H17NO5/c21-11-16(20(25)26-13-18(24)17(23)12-22)19(14-7-3-1-4-8-14)15-9-5-2-6-10-15/h1-10,18,22,24H,12-13H2. The van der Waals surface area contributed by atoms with Gasteiger partial charge in [-0.2, -0.15) is 5.26 Å². The molecule has 132 valence electrons. The zero-order valence-corrected chi connectivity index (χ0v) is 13.8. The maximum absolute atomic E-state index is 12.4. The van der Waals surface area contributed by atoms with Gasteiger partial charge in [0.15, 0.2) is 5.78 Å². The van der Waals surface area contributed by atoms with E-state index in [4.69, 9.17) is 9.84 Å². The molecule has 0 bridgehead atoms. The van der Waals surface area contributed by atoms with Gasteiger partial charge < -0.3 is 14.9 Å². The largest absolute Gasteiger partial charge is 0.458 e. The van der Waals surface area contributed by atoms with Crippen molar-refractivity contribution in [3.63, 3.8) is 0 Å². The first-order chi connectivity index (χ1) is 12.6. The second-order valence-electron chi connectivity index (χ2n) is 5.33. The second kappa shape index (κ2) is 9.28. The van der Waals surface area contributed by atoms with Crippen molar-refractivity contribution in [2.45, 2.75) is 6.10 Å². The molecule has 6 nitrogen and oxygen atoms in total. The van der Waals surface area contributed by atoms with Crippen molar-refractivity contribution >= 4 is 17.3 Å². The van der Waals surface area contributed by atoms with E-state index in [2.05, 4.69) is 0 Å². The number of carbonyl (C=O) groups is 2. The number of carbonyl (C=O) groups excluding carboxylic acids is 2. The van der Waals surface area contributed by atoms with E-state index in [1.54, 1.807) is 48.5 Å². The molecule has 0 aliphatic rings. The van der Waals surface area contributed by atoms with Gasteiger partial charge in [0.05, 0.1) is 0 Å². The SMILES string of the molecule is N#CC(C(=O)OCC(O)C(=O)CO)=C(c1ccccc1)c1ccccc1. The van der Waals surface area contributed by atoms with E-state index in [0.717, 1.165) is 0 Å². The molecule has 0 saturated heterocycles. The summed E-state index contributed by atoms with van der Waals surface area (Å²) in [6.45, 7) is -1.50. The number of benzene rings is 2. The molecule has 2 N–H and O–H groups in total. The Morgan fingerprint density at radius 2 is 1.50 bits per heavy atom. The van der Waals surface area contributed by atoms with Crippen LogP contribution in [0.4, 0.5) is 0 Å². The molecular formula is C20H17NO5. The molecule has 0 aliphatic heterocycles. The van der Waals surface area contributed by atoms with Gasteiger partial charge in [0, 0.05) is 5.57 Å². The molecule has 0 radical (unpaired) electrons. The molecule has 0 saturated carbocycles. The topological polar surface area (TPSA) is 108 Å². The zero-order chi connectivity index (χ0) is 18.9. The van der Waals surface area contributed by atoms with Gasteiger partial charge in [0.1, 0.15) is 31.0 Å². The molecule has 1 atom stereocenters. The lowest BCUT2D eigenvalue weighted by Gasteiger charge is -2.13. The van der Waals surface area contributed by atoms with Crippen molar-refractivity contribution in [3.8, 4) is 6.07 Å². The number of ketones is 1. The van der Waals surface area contributed by atoms with Crippen LogP contribution >= 0.6 is 0 Å². The fourth-order valence-corrected chi connectivity index (χ4v) is 2.29. The predicted molar refractivity (Wildman–Crippen MR) is 93.6 cm³/mol. The van der Waals surface area contributed by atoms with E-state index in [-0.39, 0.29) is 5.57 Å². The van der Waals surface area contributed by atoms with Gasteiger partial charge in [0.2, 0.25) is 0 Å². The van der Waals surface area contributed by atoms with Crippen molar-refractivity contribution < 1.29 is 24.5 Å². The molecule has 26 heavy (non-hydrogen) atoms. The Kier molecular flexibility index (Phi) is 6.80. The summed E-state index contributed by atoms with van der Waals surface area (Å²) in [7, 11) is 0. The van der Waals surface area contributed by atoms with Gasteiger partial charge in [0.25, 0.3) is 0 Å². The maximum atomic E-state index is 12.4. The van der Waals surface area contributed by atoms with Crippen LogP contribution in [0, 0.1) is 11.3 Å². The van der Waals surface area contributed by atoms with Crippen LogP contribution in [0.3, 0.4) is 0 Å². The van der Waals surface area contributed by atoms with Crippen LogP contribution in [-0.2, 0) is 14.3 Å². The third-order valence-corrected chi connectivity index (χ3v) is 3.59. The molecule has 6 heteroatoms. The van der Waals surface area contributed by atoms with Crippen LogP contribution in [0.2, 0.25) is 0 Å². The van der Waals surface area contributed by atoms with E-state index in [0.29, 0.717) is 16.7 Å². The van der Waals surface area contributed by atoms with E-state index in [1.165, 1.54) is 0 Å². The summed E-state index contributed by atoms with van der Waals surface area (Å²) in [6.07, 6.45) is -1.64. The zero-order valence-electron chi connectivity index (χ0n) is 13.8. The molecule has 0 aromatic heterocycles. The molecule has 0 amide bonds. The molecule has 0 heterocycles. The minimum Gasteiger partial charge on any atom is -0.458 e. The maximum Gasteiger partial charge on any atom is 0.349 e. The van der Waals surface area contributed by atoms with Gasteiger partial charge in [-0.25, -0.2) is 4.79 Å². The van der Waals surface area contributed by atoms with Gasteiger partial charge in [-0.3, -0.25) is 4.79 Å². The minimum atomic E-state index is -1.64. The molecule has 1 unspecified atom stereocenters. The second-order valence-corrected chi connectivity index (χ2v) is 5.33. The Morgan fingerprint density at radius 1 is 1.00 bits per heavy atom. The summed E-state index contributed by atoms with van der Waals surface area (Å²) in [5.41, 5.74) is 1.45. The number of hydrogen-bond acceptors (Lipinski definition) is 6. The predicted octanol–water partition coefficient (Wildman–Crippen LogP) is 1.48. The average Bonchev–Trinajstić information content (AvgIpc) is 2.70. The summed E-state index contributed by atoms with van der Waals surface area (Å²) in [4.78, 5) is 23.6. The highest BCUT2D eigenvalue weighted by Crippen LogP contribution is 2.27. The van der Waals surface area contributed by atoms with Crippen LogP contribution in [0.25, 0.3) is 5.57 Å². The highest BCUT2D eigenvalue weighted by molar-refractivity contribution is 6.05. The van der Waals surface area contributed by atoms with Crippen LogP contribution < -0.4 is 0 Å². The Morgan fingerprint density at radius 3 is 1.92 bits per heavy atom. The van der Waals surface area contributed by atoms with E-state index < -0.39 is 31.1 Å². The number of hydrogen-bond donors (Lipinski definition) is 2. The molecule has 2 aromatic rings. The third kappa shape index (κ3) is 4.63. The smallest absolute Gasteiger partial charge is 0.349 e. The van der Waals surface area contributed by atoms with Gasteiger partial charge in [-0.05, 0) is 11.1 Å². The molecular weight excluding hydrogens is 334 g/mol. The fourth-order valence-electron chi connectivity index (χ4n) is 2.29. The summed E-state index contributed by atoms with van der Waals surface area (Å²) in [6, 6.07) is 19.6. The van der Waals surface area contributed by atoms with E-state index in [1.807, 2.05) is 18.2 Å². The molecule has 0 spiro atoms. The van der Waals surface area contributed by atoms with Crippen molar-refractivity contribution in [1.82, 2.24) is 0 Å². The van der Waals surface area contributed by atoms with Crippen molar-refractivity contribution in [2.75, 3.05) is 13.2 Å². The monoisotopic (exact) mass is 351 g/mol. The Balaban J connectivity index is 2.41. The van der Waals surface area contributed by atoms with Crippen LogP contribution in [-0.4, -0.2) is 41.3 Å². The normalized spacial score (nSPS) is 11.1. The number of nitriles is 1. The van der Waals surface area contributed by atoms with Crippen LogP contribution in [0.1, 0.15) is 11.1 Å². The van der Waals surface area contributed by atoms with Crippen LogP contribution in [0.5, 0.6) is 0 Å². The Hall–Kier alpha value is -3.27. The lowest BCUT2D eigenvalue weighted by Crippen LogP contribution is -2.30. The summed E-state index contributed by atoms with van der Waals surface area (Å²) >= 11 is 0. The molecule has 2 aromatic carbocycles. The van der Waals surface area contributed by atoms with Crippen LogP contribution in [0.15, 0.2) is 66.2 Å². The van der Waals surface area contributed by atoms with Crippen molar-refractivity contribution in [1.29, 1.82) is 5.26 Å². The lowest BCUT2D eigenvalue weighted by atomic mass is 9.93. The number of rotatable bonds is 7. The van der Waals surface area contributed by atoms with Crippen molar-refractivity contribution in [2.24, 2.45) is 0 Å². The van der Waals surface area contributed by atoms with Gasteiger partial charge >= 0.3 is 5.97 Å². The molecule has 0 fully saturated rings. The quantitative estimate of drug-likeness (QED) is 0.444. The lowest BCUT2D eigenvalue weighted by molar-refractivity contribution is -0.145. The minimum absolute atomic E-state index is 0.244. The van der Waals surface area contributed by atoms with E-state index in [9.17, 15) is 20.0 Å². The first-order valence-corrected chi connectivity index (χ1v) is 7.82. The Labute approximate surface area is 150 Å². The highest BCUT2D eigenvalue weighted by Gasteiger charge is 2.22. The van der Waals surface area contributed by atoms with E-state index >= 15 is 0 Å². The fraction of sp³-hybridized carbons (Fsp3) is 0.150. The summed E-state index contributed by atoms with van der Waals surface area (Å²) in [5.74, 6) is -1.83. The average molecular weight is 351 g/mol. The molecule has 2 rings (SSSR count). The highest BCUT2D eigenvalue weighted by atomic mass is 16.5. The molecule has 0 aliphatic carbocycles. The number of aliphatic hydroxyl groups is 2. The summed E-state index contributed by atoms with van der Waals surface area (Å²) in [5, 5.41) is 27.7. The van der Waals surface area contributed by atoms with Crippen molar-refractivity contribution in [3.05, 3.63) is 77.4 Å². The number of aliphatic hydroxyl groups excluding tert-OH is 2. The number of Topliss-reactive ketones (excluding diaryl/α,β-unsaturated/α-hetero) is 1. The summed E-state index contributed by atoms with van der Waals surface area (Å²) < 4.78 is 4.90. The Bertz CT molecular complexity index is 796. The van der Waals surface area contributed by atoms with Gasteiger partial charge in [-0.1, -0.05) is 60.7 Å². The third-order valence-electron chi connectivity index (χ3n) is 3.59. The first kappa shape index (κ1) is 19.1. The van der Waals surface area contributed by atoms with Gasteiger partial charge in [-0.15, -0.1) is 0 Å². The number of nitrogens with zero attached hydrogens (tertiary/aromatic N) is 1. The number of esters is 1.